The van der Waals surface area contributed by atoms with Gasteiger partial charge in [-0.05, 0) is 30.0 Å². The van der Waals surface area contributed by atoms with Crippen molar-refractivity contribution in [3.05, 3.63) is 34.9 Å². The number of hydrogen-bond acceptors (Lipinski definition) is 1. The molecule has 0 aliphatic heterocycles. The second-order valence-electron chi connectivity index (χ2n) is 3.40. The number of carbonyl (C=O) groups is 1. The molecule has 2 rings (SSSR count). The van der Waals surface area contributed by atoms with Crippen LogP contribution in [0, 0.1) is 5.92 Å². The number of carbonyl (C=O) groups excluding carboxylic acids is 1. The zero-order valence-corrected chi connectivity index (χ0v) is 7.79. The van der Waals surface area contributed by atoms with Gasteiger partial charge in [-0.2, -0.15) is 0 Å². The van der Waals surface area contributed by atoms with E-state index in [0.717, 1.165) is 17.0 Å². The smallest absolute Gasteiger partial charge is 0.221 e. The zero-order chi connectivity index (χ0) is 9.42. The summed E-state index contributed by atoms with van der Waals surface area (Å²) in [6, 6.07) is 7.59. The molecule has 0 bridgehead atoms. The van der Waals surface area contributed by atoms with E-state index in [4.69, 9.17) is 17.3 Å². The Morgan fingerprint density at radius 3 is 2.46 bits per heavy atom. The molecule has 2 atom stereocenters. The predicted octanol–water partition coefficient (Wildman–Crippen LogP) is 1.93. The number of benzene rings is 1. The number of primary amides is 1. The molecule has 2 nitrogen and oxygen atoms in total. The van der Waals surface area contributed by atoms with E-state index in [0.29, 0.717) is 5.92 Å². The normalized spacial score (nSPS) is 25.6. The van der Waals surface area contributed by atoms with Crippen LogP contribution in [0.4, 0.5) is 0 Å². The largest absolute Gasteiger partial charge is 0.369 e. The fourth-order valence-corrected chi connectivity index (χ4v) is 1.71. The number of nitrogens with two attached hydrogens (primary N) is 1. The van der Waals surface area contributed by atoms with E-state index >= 15 is 0 Å². The lowest BCUT2D eigenvalue weighted by molar-refractivity contribution is -0.119. The minimum atomic E-state index is -0.194. The summed E-state index contributed by atoms with van der Waals surface area (Å²) < 4.78 is 0. The van der Waals surface area contributed by atoms with Gasteiger partial charge in [0.15, 0.2) is 0 Å². The molecule has 1 saturated carbocycles. The highest BCUT2D eigenvalue weighted by molar-refractivity contribution is 6.30. The summed E-state index contributed by atoms with van der Waals surface area (Å²) in [7, 11) is 0. The molecule has 0 saturated heterocycles. The summed E-state index contributed by atoms with van der Waals surface area (Å²) >= 11 is 5.74. The quantitative estimate of drug-likeness (QED) is 0.770. The van der Waals surface area contributed by atoms with Gasteiger partial charge in [0.1, 0.15) is 0 Å². The Labute approximate surface area is 81.7 Å². The van der Waals surface area contributed by atoms with Gasteiger partial charge in [-0.15, -0.1) is 0 Å². The molecule has 0 radical (unpaired) electrons. The molecule has 1 aliphatic rings. The van der Waals surface area contributed by atoms with Gasteiger partial charge in [0.05, 0.1) is 0 Å². The molecular formula is C10H10ClNO. The van der Waals surface area contributed by atoms with Crippen LogP contribution in [-0.2, 0) is 4.79 Å². The van der Waals surface area contributed by atoms with E-state index in [1.54, 1.807) is 0 Å². The van der Waals surface area contributed by atoms with Crippen LogP contribution in [0.1, 0.15) is 17.9 Å². The molecule has 1 unspecified atom stereocenters. The highest BCUT2D eigenvalue weighted by Gasteiger charge is 2.42. The van der Waals surface area contributed by atoms with Gasteiger partial charge >= 0.3 is 0 Å². The van der Waals surface area contributed by atoms with E-state index in [1.165, 1.54) is 0 Å². The Balaban J connectivity index is 2.12. The molecule has 1 amide bonds. The summed E-state index contributed by atoms with van der Waals surface area (Å²) in [6.45, 7) is 0. The van der Waals surface area contributed by atoms with Gasteiger partial charge in [0.25, 0.3) is 0 Å². The molecule has 68 valence electrons. The molecule has 1 aromatic rings. The SMILES string of the molecule is NC(=O)[C@@H]1CC1c1ccc(Cl)cc1. The van der Waals surface area contributed by atoms with Crippen molar-refractivity contribution in [2.24, 2.45) is 11.7 Å². The lowest BCUT2D eigenvalue weighted by Crippen LogP contribution is -2.13. The third-order valence-corrected chi connectivity index (χ3v) is 2.71. The standard InChI is InChI=1S/C10H10ClNO/c11-7-3-1-6(2-4-7)8-5-9(8)10(12)13/h1-4,8-9H,5H2,(H2,12,13)/t8?,9-/m1/s1. The van der Waals surface area contributed by atoms with Crippen LogP contribution in [0.15, 0.2) is 24.3 Å². The van der Waals surface area contributed by atoms with E-state index < -0.39 is 0 Å². The van der Waals surface area contributed by atoms with Gasteiger partial charge in [-0.25, -0.2) is 0 Å². The second kappa shape index (κ2) is 3.04. The molecule has 1 aromatic carbocycles. The Kier molecular flexibility index (Phi) is 2.00. The first-order chi connectivity index (χ1) is 6.18. The molecule has 0 spiro atoms. The van der Waals surface area contributed by atoms with Crippen molar-refractivity contribution in [1.82, 2.24) is 0 Å². The summed E-state index contributed by atoms with van der Waals surface area (Å²) in [5.41, 5.74) is 6.35. The fourth-order valence-electron chi connectivity index (χ4n) is 1.59. The number of amides is 1. The molecule has 1 aliphatic carbocycles. The first-order valence-corrected chi connectivity index (χ1v) is 4.61. The summed E-state index contributed by atoms with van der Waals surface area (Å²) in [4.78, 5) is 10.8. The van der Waals surface area contributed by atoms with Crippen LogP contribution in [0.25, 0.3) is 0 Å². The van der Waals surface area contributed by atoms with Crippen LogP contribution in [-0.4, -0.2) is 5.91 Å². The minimum absolute atomic E-state index is 0.0428. The fraction of sp³-hybridized carbons (Fsp3) is 0.300. The molecule has 2 N–H and O–H groups in total. The monoisotopic (exact) mass is 195 g/mol. The minimum Gasteiger partial charge on any atom is -0.369 e. The maximum atomic E-state index is 10.8. The van der Waals surface area contributed by atoms with Crippen molar-refractivity contribution in [3.63, 3.8) is 0 Å². The Bertz CT molecular complexity index is 333. The van der Waals surface area contributed by atoms with Crippen LogP contribution >= 0.6 is 11.6 Å². The molecular weight excluding hydrogens is 186 g/mol. The predicted molar refractivity (Wildman–Crippen MR) is 51.5 cm³/mol. The molecule has 0 aromatic heterocycles. The lowest BCUT2D eigenvalue weighted by Gasteiger charge is -1.97. The third kappa shape index (κ3) is 1.68. The zero-order valence-electron chi connectivity index (χ0n) is 7.03. The van der Waals surface area contributed by atoms with Gasteiger partial charge < -0.3 is 5.73 Å². The highest BCUT2D eigenvalue weighted by atomic mass is 35.5. The molecule has 3 heteroatoms. The van der Waals surface area contributed by atoms with Crippen molar-refractivity contribution in [1.29, 1.82) is 0 Å². The Morgan fingerprint density at radius 2 is 2.00 bits per heavy atom. The average molecular weight is 196 g/mol. The first kappa shape index (κ1) is 8.57. The van der Waals surface area contributed by atoms with E-state index in [9.17, 15) is 4.79 Å². The summed E-state index contributed by atoms with van der Waals surface area (Å²) in [5, 5.41) is 0.722. The van der Waals surface area contributed by atoms with Crippen molar-refractivity contribution in [3.8, 4) is 0 Å². The van der Waals surface area contributed by atoms with Crippen molar-refractivity contribution >= 4 is 17.5 Å². The van der Waals surface area contributed by atoms with Crippen LogP contribution < -0.4 is 5.73 Å². The summed E-state index contributed by atoms with van der Waals surface area (Å²) in [6.07, 6.45) is 0.886. The van der Waals surface area contributed by atoms with Crippen molar-refractivity contribution < 1.29 is 4.79 Å². The van der Waals surface area contributed by atoms with Gasteiger partial charge in [-0.3, -0.25) is 4.79 Å². The van der Waals surface area contributed by atoms with Crippen molar-refractivity contribution in [2.45, 2.75) is 12.3 Å². The third-order valence-electron chi connectivity index (χ3n) is 2.45. The van der Waals surface area contributed by atoms with Gasteiger partial charge in [0.2, 0.25) is 5.91 Å². The lowest BCUT2D eigenvalue weighted by atomic mass is 10.1. The van der Waals surface area contributed by atoms with Crippen LogP contribution in [0.2, 0.25) is 5.02 Å². The highest BCUT2D eigenvalue weighted by Crippen LogP contribution is 2.47. The summed E-state index contributed by atoms with van der Waals surface area (Å²) in [5.74, 6) is 0.177. The van der Waals surface area contributed by atoms with Crippen molar-refractivity contribution in [2.75, 3.05) is 0 Å². The molecule has 0 heterocycles. The maximum Gasteiger partial charge on any atom is 0.221 e. The molecule has 1 fully saturated rings. The average Bonchev–Trinajstić information content (AvgIpc) is 2.85. The number of hydrogen-bond donors (Lipinski definition) is 1. The van der Waals surface area contributed by atoms with E-state index in [-0.39, 0.29) is 11.8 Å². The first-order valence-electron chi connectivity index (χ1n) is 4.23. The second-order valence-corrected chi connectivity index (χ2v) is 3.84. The molecule has 13 heavy (non-hydrogen) atoms. The van der Waals surface area contributed by atoms with Gasteiger partial charge in [-0.1, -0.05) is 23.7 Å². The van der Waals surface area contributed by atoms with E-state index in [2.05, 4.69) is 0 Å². The Morgan fingerprint density at radius 1 is 1.38 bits per heavy atom. The maximum absolute atomic E-state index is 10.8. The number of rotatable bonds is 2. The number of halogens is 1. The topological polar surface area (TPSA) is 43.1 Å². The van der Waals surface area contributed by atoms with Crippen LogP contribution in [0.5, 0.6) is 0 Å². The van der Waals surface area contributed by atoms with E-state index in [1.807, 2.05) is 24.3 Å². The van der Waals surface area contributed by atoms with Crippen LogP contribution in [0.3, 0.4) is 0 Å². The van der Waals surface area contributed by atoms with Gasteiger partial charge in [0, 0.05) is 10.9 Å². The Hall–Kier alpha value is -1.02.